The Balaban J connectivity index is 2.89. The molecule has 13 heavy (non-hydrogen) atoms. The van der Waals surface area contributed by atoms with E-state index in [0.717, 1.165) is 8.96 Å². The summed E-state index contributed by atoms with van der Waals surface area (Å²) in [5.41, 5.74) is 1.05. The number of rotatable bonds is 0. The van der Waals surface area contributed by atoms with Crippen LogP contribution in [0.4, 0.5) is 0 Å². The van der Waals surface area contributed by atoms with Crippen LogP contribution < -0.4 is 5.63 Å². The lowest BCUT2D eigenvalue weighted by Gasteiger charge is -1.97. The number of aryl methyl sites for hydroxylation is 1. The Morgan fingerprint density at radius 2 is 2.08 bits per heavy atom. The first-order valence-electron chi connectivity index (χ1n) is 3.87. The zero-order chi connectivity index (χ0) is 9.42. The summed E-state index contributed by atoms with van der Waals surface area (Å²) in [6.45, 7) is 1.75. The smallest absolute Gasteiger partial charge is 0.339 e. The van der Waals surface area contributed by atoms with Gasteiger partial charge in [-0.3, -0.25) is 0 Å². The van der Waals surface area contributed by atoms with E-state index < -0.39 is 0 Å². The largest absolute Gasteiger partial charge is 0.422 e. The minimum absolute atomic E-state index is 0.255. The van der Waals surface area contributed by atoms with Crippen LogP contribution in [-0.2, 0) is 0 Å². The molecule has 0 amide bonds. The van der Waals surface area contributed by atoms with Gasteiger partial charge in [-0.15, -0.1) is 0 Å². The van der Waals surface area contributed by atoms with Crippen molar-refractivity contribution in [2.24, 2.45) is 0 Å². The van der Waals surface area contributed by atoms with Gasteiger partial charge in [0.2, 0.25) is 0 Å². The molecule has 0 bridgehead atoms. The molecule has 0 fully saturated rings. The van der Waals surface area contributed by atoms with Gasteiger partial charge in [-0.2, -0.15) is 0 Å². The fourth-order valence-corrected chi connectivity index (χ4v) is 1.65. The third-order valence-corrected chi connectivity index (χ3v) is 2.54. The maximum Gasteiger partial charge on any atom is 0.339 e. The molecule has 0 unspecified atom stereocenters. The van der Waals surface area contributed by atoms with Crippen LogP contribution in [0.25, 0.3) is 11.0 Å². The van der Waals surface area contributed by atoms with E-state index in [1.807, 2.05) is 24.3 Å². The lowest BCUT2D eigenvalue weighted by Crippen LogP contribution is -2.01. The number of fused-ring (bicyclic) bond motifs is 1. The van der Waals surface area contributed by atoms with E-state index in [0.29, 0.717) is 11.1 Å². The first-order chi connectivity index (χ1) is 6.16. The summed E-state index contributed by atoms with van der Waals surface area (Å²) >= 11 is 2.19. The van der Waals surface area contributed by atoms with Gasteiger partial charge in [0, 0.05) is 14.5 Å². The Morgan fingerprint density at radius 1 is 1.31 bits per heavy atom. The summed E-state index contributed by atoms with van der Waals surface area (Å²) in [5, 5.41) is 0.970. The maximum absolute atomic E-state index is 11.2. The highest BCUT2D eigenvalue weighted by Crippen LogP contribution is 2.16. The summed E-state index contributed by atoms with van der Waals surface area (Å²) in [4.78, 5) is 11.2. The average Bonchev–Trinajstić information content (AvgIpc) is 2.08. The van der Waals surface area contributed by atoms with E-state index in [2.05, 4.69) is 22.6 Å². The molecular weight excluding hydrogens is 279 g/mol. The SMILES string of the molecule is Cc1cc2ccc(I)cc2oc1=O. The van der Waals surface area contributed by atoms with Crippen molar-refractivity contribution in [3.05, 3.63) is 43.8 Å². The van der Waals surface area contributed by atoms with Crippen molar-refractivity contribution >= 4 is 33.6 Å². The average molecular weight is 286 g/mol. The van der Waals surface area contributed by atoms with Gasteiger partial charge in [-0.1, -0.05) is 6.07 Å². The third-order valence-electron chi connectivity index (χ3n) is 1.87. The molecule has 0 aliphatic heterocycles. The lowest BCUT2D eigenvalue weighted by atomic mass is 10.2. The molecule has 0 spiro atoms. The molecule has 2 nitrogen and oxygen atoms in total. The first-order valence-corrected chi connectivity index (χ1v) is 4.95. The third kappa shape index (κ3) is 1.60. The van der Waals surface area contributed by atoms with E-state index >= 15 is 0 Å². The normalized spacial score (nSPS) is 10.6. The van der Waals surface area contributed by atoms with Crippen molar-refractivity contribution < 1.29 is 4.42 Å². The summed E-state index contributed by atoms with van der Waals surface area (Å²) < 4.78 is 6.18. The van der Waals surface area contributed by atoms with Gasteiger partial charge < -0.3 is 4.42 Å². The van der Waals surface area contributed by atoms with Gasteiger partial charge in [-0.25, -0.2) is 4.79 Å². The molecule has 0 aliphatic rings. The highest BCUT2D eigenvalue weighted by molar-refractivity contribution is 14.1. The van der Waals surface area contributed by atoms with Crippen LogP contribution in [0.2, 0.25) is 0 Å². The van der Waals surface area contributed by atoms with E-state index in [1.54, 1.807) is 6.92 Å². The fourth-order valence-electron chi connectivity index (χ4n) is 1.19. The van der Waals surface area contributed by atoms with Gasteiger partial charge in [0.25, 0.3) is 0 Å². The number of hydrogen-bond donors (Lipinski definition) is 0. The Hall–Kier alpha value is -0.840. The minimum atomic E-state index is -0.255. The van der Waals surface area contributed by atoms with Crippen LogP contribution in [0.15, 0.2) is 33.5 Å². The van der Waals surface area contributed by atoms with E-state index in [1.165, 1.54) is 0 Å². The highest BCUT2D eigenvalue weighted by atomic mass is 127. The molecule has 0 N–H and O–H groups in total. The van der Waals surface area contributed by atoms with E-state index in [4.69, 9.17) is 4.42 Å². The van der Waals surface area contributed by atoms with Gasteiger partial charge in [-0.05, 0) is 47.7 Å². The maximum atomic E-state index is 11.2. The topological polar surface area (TPSA) is 30.2 Å². The first kappa shape index (κ1) is 8.74. The number of hydrogen-bond acceptors (Lipinski definition) is 2. The lowest BCUT2D eigenvalue weighted by molar-refractivity contribution is 0.555. The van der Waals surface area contributed by atoms with Crippen molar-refractivity contribution in [2.75, 3.05) is 0 Å². The molecule has 1 heterocycles. The molecule has 0 aliphatic carbocycles. The van der Waals surface area contributed by atoms with Crippen molar-refractivity contribution in [3.8, 4) is 0 Å². The van der Waals surface area contributed by atoms with Crippen LogP contribution in [0.5, 0.6) is 0 Å². The molecule has 0 radical (unpaired) electrons. The second-order valence-corrected chi connectivity index (χ2v) is 4.14. The van der Waals surface area contributed by atoms with Crippen LogP contribution in [0.1, 0.15) is 5.56 Å². The van der Waals surface area contributed by atoms with Crippen LogP contribution in [-0.4, -0.2) is 0 Å². The van der Waals surface area contributed by atoms with Crippen LogP contribution >= 0.6 is 22.6 Å². The minimum Gasteiger partial charge on any atom is -0.422 e. The van der Waals surface area contributed by atoms with Crippen molar-refractivity contribution in [3.63, 3.8) is 0 Å². The van der Waals surface area contributed by atoms with Crippen LogP contribution in [0, 0.1) is 10.5 Å². The Morgan fingerprint density at radius 3 is 2.85 bits per heavy atom. The molecule has 0 saturated carbocycles. The van der Waals surface area contributed by atoms with Crippen molar-refractivity contribution in [1.82, 2.24) is 0 Å². The van der Waals surface area contributed by atoms with Gasteiger partial charge >= 0.3 is 5.63 Å². The fraction of sp³-hybridized carbons (Fsp3) is 0.100. The molecule has 66 valence electrons. The molecule has 2 rings (SSSR count). The van der Waals surface area contributed by atoms with Gasteiger partial charge in [0.1, 0.15) is 5.58 Å². The Labute approximate surface area is 88.7 Å². The second kappa shape index (κ2) is 3.14. The summed E-state index contributed by atoms with van der Waals surface area (Å²) in [6.07, 6.45) is 0. The van der Waals surface area contributed by atoms with Crippen LogP contribution in [0.3, 0.4) is 0 Å². The Kier molecular flexibility index (Phi) is 2.11. The van der Waals surface area contributed by atoms with Gasteiger partial charge in [0.05, 0.1) is 0 Å². The molecule has 3 heteroatoms. The van der Waals surface area contributed by atoms with Crippen molar-refractivity contribution in [2.45, 2.75) is 6.92 Å². The highest BCUT2D eigenvalue weighted by Gasteiger charge is 2.00. The van der Waals surface area contributed by atoms with E-state index in [9.17, 15) is 4.79 Å². The molecule has 0 atom stereocenters. The molecule has 1 aromatic heterocycles. The summed E-state index contributed by atoms with van der Waals surface area (Å²) in [5.74, 6) is 0. The van der Waals surface area contributed by atoms with Crippen molar-refractivity contribution in [1.29, 1.82) is 0 Å². The summed E-state index contributed by atoms with van der Waals surface area (Å²) in [6, 6.07) is 7.64. The standard InChI is InChI=1S/C10H7IO2/c1-6-4-7-2-3-8(11)5-9(7)13-10(6)12/h2-5H,1H3. The predicted molar refractivity (Wildman–Crippen MR) is 59.9 cm³/mol. The predicted octanol–water partition coefficient (Wildman–Crippen LogP) is 2.71. The summed E-state index contributed by atoms with van der Waals surface area (Å²) in [7, 11) is 0. The Bertz CT molecular complexity index is 514. The molecular formula is C10H7IO2. The van der Waals surface area contributed by atoms with E-state index in [-0.39, 0.29) is 5.63 Å². The second-order valence-electron chi connectivity index (χ2n) is 2.90. The molecule has 0 saturated heterocycles. The quantitative estimate of drug-likeness (QED) is 0.550. The zero-order valence-electron chi connectivity index (χ0n) is 7.00. The van der Waals surface area contributed by atoms with Gasteiger partial charge in [0.15, 0.2) is 0 Å². The zero-order valence-corrected chi connectivity index (χ0v) is 9.16. The number of benzene rings is 1. The molecule has 1 aromatic carbocycles. The number of halogens is 1. The monoisotopic (exact) mass is 286 g/mol. The molecule has 2 aromatic rings.